The number of carbonyl (C=O) groups excluding carboxylic acids is 1. The van der Waals surface area contributed by atoms with Crippen molar-refractivity contribution in [1.82, 2.24) is 0 Å². The van der Waals surface area contributed by atoms with E-state index in [9.17, 15) is 9.90 Å². The predicted molar refractivity (Wildman–Crippen MR) is 73.0 cm³/mol. The first-order valence-electron chi connectivity index (χ1n) is 7.20. The lowest BCUT2D eigenvalue weighted by Crippen LogP contribution is -2.58. The zero-order chi connectivity index (χ0) is 14.9. The summed E-state index contributed by atoms with van der Waals surface area (Å²) in [6, 6.07) is 0. The monoisotopic (exact) mass is 284 g/mol. The Morgan fingerprint density at radius 3 is 2.60 bits per heavy atom. The Bertz CT molecular complexity index is 388. The number of hydrogen-bond donors (Lipinski definition) is 1. The Balaban J connectivity index is 2.41. The van der Waals surface area contributed by atoms with Gasteiger partial charge in [0, 0.05) is 12.8 Å². The molecule has 1 N–H and O–H groups in total. The van der Waals surface area contributed by atoms with E-state index in [4.69, 9.17) is 14.2 Å². The molecule has 1 saturated carbocycles. The van der Waals surface area contributed by atoms with E-state index in [0.29, 0.717) is 32.5 Å². The predicted octanol–water partition coefficient (Wildman–Crippen LogP) is 1.79. The number of hydrogen-bond acceptors (Lipinski definition) is 5. The van der Waals surface area contributed by atoms with Gasteiger partial charge in [0.2, 0.25) is 0 Å². The molecule has 0 amide bonds. The van der Waals surface area contributed by atoms with Crippen molar-refractivity contribution in [2.24, 2.45) is 5.41 Å². The number of methoxy groups -OCH3 is 1. The van der Waals surface area contributed by atoms with Crippen molar-refractivity contribution in [3.05, 3.63) is 12.7 Å². The Morgan fingerprint density at radius 1 is 1.45 bits per heavy atom. The van der Waals surface area contributed by atoms with Crippen LogP contribution >= 0.6 is 0 Å². The first kappa shape index (κ1) is 15.5. The minimum absolute atomic E-state index is 0.309. The molecule has 1 saturated heterocycles. The maximum atomic E-state index is 12.5. The zero-order valence-electron chi connectivity index (χ0n) is 12.3. The van der Waals surface area contributed by atoms with Gasteiger partial charge >= 0.3 is 5.97 Å². The summed E-state index contributed by atoms with van der Waals surface area (Å²) in [6.45, 7) is 6.60. The van der Waals surface area contributed by atoms with Crippen LogP contribution < -0.4 is 0 Å². The molecule has 114 valence electrons. The van der Waals surface area contributed by atoms with Crippen molar-refractivity contribution in [2.75, 3.05) is 20.3 Å². The van der Waals surface area contributed by atoms with Gasteiger partial charge in [0.1, 0.15) is 5.41 Å². The molecule has 2 unspecified atom stereocenters. The summed E-state index contributed by atoms with van der Waals surface area (Å²) in [4.78, 5) is 12.5. The maximum absolute atomic E-state index is 12.5. The van der Waals surface area contributed by atoms with E-state index >= 15 is 0 Å². The van der Waals surface area contributed by atoms with Crippen molar-refractivity contribution in [2.45, 2.75) is 50.4 Å². The first-order chi connectivity index (χ1) is 9.47. The highest BCUT2D eigenvalue weighted by molar-refractivity contribution is 5.79. The molecular formula is C15H24O5. The number of carbonyl (C=O) groups is 1. The molecule has 5 nitrogen and oxygen atoms in total. The van der Waals surface area contributed by atoms with E-state index < -0.39 is 22.8 Å². The average molecular weight is 284 g/mol. The topological polar surface area (TPSA) is 65.0 Å². The van der Waals surface area contributed by atoms with Gasteiger partial charge < -0.3 is 19.3 Å². The van der Waals surface area contributed by atoms with E-state index in [1.165, 1.54) is 13.2 Å². The van der Waals surface area contributed by atoms with E-state index in [1.54, 1.807) is 0 Å². The lowest BCUT2D eigenvalue weighted by molar-refractivity contribution is -0.233. The van der Waals surface area contributed by atoms with Crippen LogP contribution in [0.15, 0.2) is 12.7 Å². The summed E-state index contributed by atoms with van der Waals surface area (Å²) >= 11 is 0. The summed E-state index contributed by atoms with van der Waals surface area (Å²) in [6.07, 6.45) is 4.18. The van der Waals surface area contributed by atoms with Crippen LogP contribution in [-0.4, -0.2) is 42.8 Å². The molecule has 0 aromatic rings. The Hall–Kier alpha value is -0.910. The first-order valence-corrected chi connectivity index (χ1v) is 7.20. The van der Waals surface area contributed by atoms with Crippen LogP contribution in [-0.2, 0) is 19.0 Å². The molecule has 2 aliphatic rings. The van der Waals surface area contributed by atoms with Gasteiger partial charge in [-0.1, -0.05) is 13.0 Å². The molecule has 0 radical (unpaired) electrons. The molecule has 1 heterocycles. The molecule has 2 rings (SSSR count). The van der Waals surface area contributed by atoms with Crippen molar-refractivity contribution >= 4 is 5.97 Å². The maximum Gasteiger partial charge on any atom is 0.315 e. The SMILES string of the molecule is C=CC(O)(CC)C1(C(=O)OC)CCCC2(C1)OCCO2. The molecule has 0 aromatic carbocycles. The van der Waals surface area contributed by atoms with Crippen molar-refractivity contribution < 1.29 is 24.1 Å². The Kier molecular flexibility index (Phi) is 4.23. The van der Waals surface area contributed by atoms with Gasteiger partial charge in [0.05, 0.1) is 25.9 Å². The van der Waals surface area contributed by atoms with Crippen LogP contribution in [0.5, 0.6) is 0 Å². The van der Waals surface area contributed by atoms with E-state index in [2.05, 4.69) is 6.58 Å². The van der Waals surface area contributed by atoms with Crippen LogP contribution in [0.1, 0.15) is 39.0 Å². The third kappa shape index (κ3) is 2.18. The van der Waals surface area contributed by atoms with Gasteiger partial charge in [-0.3, -0.25) is 4.79 Å². The van der Waals surface area contributed by atoms with Crippen LogP contribution in [0, 0.1) is 5.41 Å². The molecule has 2 fully saturated rings. The smallest absolute Gasteiger partial charge is 0.315 e. The van der Waals surface area contributed by atoms with Gasteiger partial charge in [-0.2, -0.15) is 0 Å². The van der Waals surface area contributed by atoms with Crippen molar-refractivity contribution in [3.8, 4) is 0 Å². The quantitative estimate of drug-likeness (QED) is 0.630. The van der Waals surface area contributed by atoms with Crippen LogP contribution in [0.3, 0.4) is 0 Å². The highest BCUT2D eigenvalue weighted by atomic mass is 16.7. The van der Waals surface area contributed by atoms with Gasteiger partial charge in [0.25, 0.3) is 0 Å². The molecule has 1 spiro atoms. The zero-order valence-corrected chi connectivity index (χ0v) is 12.3. The van der Waals surface area contributed by atoms with Gasteiger partial charge in [0.15, 0.2) is 5.79 Å². The van der Waals surface area contributed by atoms with Crippen LogP contribution in [0.2, 0.25) is 0 Å². The van der Waals surface area contributed by atoms with Crippen molar-refractivity contribution in [1.29, 1.82) is 0 Å². The second-order valence-corrected chi connectivity index (χ2v) is 5.69. The molecule has 20 heavy (non-hydrogen) atoms. The minimum Gasteiger partial charge on any atom is -0.468 e. The van der Waals surface area contributed by atoms with Crippen LogP contribution in [0.25, 0.3) is 0 Å². The fraction of sp³-hybridized carbons (Fsp3) is 0.800. The third-order valence-corrected chi connectivity index (χ3v) is 4.83. The highest BCUT2D eigenvalue weighted by Crippen LogP contribution is 2.53. The number of rotatable bonds is 4. The van der Waals surface area contributed by atoms with E-state index in [1.807, 2.05) is 6.92 Å². The molecule has 2 atom stereocenters. The molecule has 0 aromatic heterocycles. The van der Waals surface area contributed by atoms with Gasteiger partial charge in [-0.15, -0.1) is 6.58 Å². The fourth-order valence-electron chi connectivity index (χ4n) is 3.63. The molecule has 5 heteroatoms. The number of aliphatic hydroxyl groups is 1. The molecule has 0 bridgehead atoms. The van der Waals surface area contributed by atoms with Gasteiger partial charge in [-0.25, -0.2) is 0 Å². The fourth-order valence-corrected chi connectivity index (χ4v) is 3.63. The van der Waals surface area contributed by atoms with Crippen LogP contribution in [0.4, 0.5) is 0 Å². The number of esters is 1. The normalized spacial score (nSPS) is 31.8. The molecule has 1 aliphatic carbocycles. The minimum atomic E-state index is -1.32. The second-order valence-electron chi connectivity index (χ2n) is 5.69. The second kappa shape index (κ2) is 5.47. The Morgan fingerprint density at radius 2 is 2.10 bits per heavy atom. The van der Waals surface area contributed by atoms with Crippen molar-refractivity contribution in [3.63, 3.8) is 0 Å². The molecule has 1 aliphatic heterocycles. The third-order valence-electron chi connectivity index (χ3n) is 4.83. The Labute approximate surface area is 119 Å². The average Bonchev–Trinajstić information content (AvgIpc) is 2.92. The lowest BCUT2D eigenvalue weighted by Gasteiger charge is -2.50. The number of ether oxygens (including phenoxy) is 3. The summed E-state index contributed by atoms with van der Waals surface area (Å²) in [5.74, 6) is -1.18. The largest absolute Gasteiger partial charge is 0.468 e. The summed E-state index contributed by atoms with van der Waals surface area (Å²) in [7, 11) is 1.35. The molecular weight excluding hydrogens is 260 g/mol. The van der Waals surface area contributed by atoms with Gasteiger partial charge in [-0.05, 0) is 19.3 Å². The highest BCUT2D eigenvalue weighted by Gasteiger charge is 2.61. The standard InChI is InChI=1S/C15H24O5/c1-4-14(17,5-2)13(12(16)18-3)7-6-8-15(11-13)19-9-10-20-15/h4,17H,1,5-11H2,2-3H3. The van der Waals surface area contributed by atoms with E-state index in [0.717, 1.165) is 12.8 Å². The summed E-state index contributed by atoms with van der Waals surface area (Å²) in [5, 5.41) is 10.9. The lowest BCUT2D eigenvalue weighted by atomic mass is 9.60. The summed E-state index contributed by atoms with van der Waals surface area (Å²) < 4.78 is 16.5. The van der Waals surface area contributed by atoms with E-state index in [-0.39, 0.29) is 0 Å². The summed E-state index contributed by atoms with van der Waals surface area (Å²) in [5.41, 5.74) is -2.37.